The van der Waals surface area contributed by atoms with E-state index in [1.54, 1.807) is 11.6 Å². The second-order valence-electron chi connectivity index (χ2n) is 7.11. The van der Waals surface area contributed by atoms with Crippen LogP contribution in [0.15, 0.2) is 23.0 Å². The van der Waals surface area contributed by atoms with E-state index in [9.17, 15) is 14.4 Å². The monoisotopic (exact) mass is 393 g/mol. The predicted octanol–water partition coefficient (Wildman–Crippen LogP) is 0.538. The molecule has 2 aliphatic heterocycles. The van der Waals surface area contributed by atoms with Crippen molar-refractivity contribution in [3.05, 3.63) is 28.7 Å². The Morgan fingerprint density at radius 3 is 2.59 bits per heavy atom. The number of rotatable bonds is 3. The maximum Gasteiger partial charge on any atom is 0.329 e. The number of carbonyl (C=O) groups is 2. The third kappa shape index (κ3) is 3.23. The predicted molar refractivity (Wildman–Crippen MR) is 106 cm³/mol. The third-order valence-electron chi connectivity index (χ3n) is 5.58. The molecule has 2 fully saturated rings. The standard InChI is InChI=1S/C18H23N5O3.ClH/c1-21(12-7-8-19-10-12)11-3-4-13-15(9-11)22(2)18(26)23(13)14-5-6-16(24)20-17(14)25;/h3-4,9,12,14,19H,5-8,10H2,1-2H3,(H,20,24,25);1H. The maximum atomic E-state index is 12.8. The minimum absolute atomic E-state index is 0. The number of likely N-dealkylation sites (N-methyl/N-ethyl adjacent to an activating group) is 1. The van der Waals surface area contributed by atoms with Crippen LogP contribution in [0.2, 0.25) is 0 Å². The summed E-state index contributed by atoms with van der Waals surface area (Å²) < 4.78 is 3.08. The number of aryl methyl sites for hydroxylation is 1. The molecule has 27 heavy (non-hydrogen) atoms. The Hall–Kier alpha value is -2.32. The zero-order valence-electron chi connectivity index (χ0n) is 15.4. The van der Waals surface area contributed by atoms with Gasteiger partial charge in [0.2, 0.25) is 11.8 Å². The van der Waals surface area contributed by atoms with Crippen molar-refractivity contribution in [1.82, 2.24) is 19.8 Å². The van der Waals surface area contributed by atoms with Crippen LogP contribution in [0.25, 0.3) is 11.0 Å². The van der Waals surface area contributed by atoms with Gasteiger partial charge in [0.15, 0.2) is 0 Å². The Bertz CT molecular complexity index is 944. The Morgan fingerprint density at radius 1 is 1.15 bits per heavy atom. The first-order chi connectivity index (χ1) is 12.5. The Labute approximate surface area is 162 Å². The number of halogens is 1. The minimum Gasteiger partial charge on any atom is -0.370 e. The molecule has 2 aromatic rings. The second kappa shape index (κ2) is 7.36. The molecule has 0 saturated carbocycles. The first-order valence-corrected chi connectivity index (χ1v) is 8.95. The molecule has 2 aliphatic rings. The molecule has 1 aromatic heterocycles. The third-order valence-corrected chi connectivity index (χ3v) is 5.58. The molecule has 0 aliphatic carbocycles. The summed E-state index contributed by atoms with van der Waals surface area (Å²) in [6.45, 7) is 1.96. The van der Waals surface area contributed by atoms with Gasteiger partial charge in [0.25, 0.3) is 0 Å². The number of imidazole rings is 1. The summed E-state index contributed by atoms with van der Waals surface area (Å²) in [7, 11) is 3.78. The highest BCUT2D eigenvalue weighted by Crippen LogP contribution is 2.27. The van der Waals surface area contributed by atoms with E-state index < -0.39 is 11.9 Å². The number of aromatic nitrogens is 2. The maximum absolute atomic E-state index is 12.8. The molecule has 146 valence electrons. The lowest BCUT2D eigenvalue weighted by Gasteiger charge is -2.26. The van der Waals surface area contributed by atoms with E-state index >= 15 is 0 Å². The number of hydrogen-bond donors (Lipinski definition) is 2. The van der Waals surface area contributed by atoms with Gasteiger partial charge < -0.3 is 10.2 Å². The van der Waals surface area contributed by atoms with Crippen LogP contribution in [0.5, 0.6) is 0 Å². The van der Waals surface area contributed by atoms with Crippen molar-refractivity contribution < 1.29 is 9.59 Å². The first-order valence-electron chi connectivity index (χ1n) is 8.95. The van der Waals surface area contributed by atoms with Gasteiger partial charge in [-0.25, -0.2) is 4.79 Å². The topological polar surface area (TPSA) is 88.4 Å². The van der Waals surface area contributed by atoms with Crippen LogP contribution in [-0.2, 0) is 16.6 Å². The first kappa shape index (κ1) is 19.4. The van der Waals surface area contributed by atoms with E-state index in [4.69, 9.17) is 0 Å². The number of imide groups is 1. The number of nitrogens with one attached hydrogen (secondary N) is 2. The highest BCUT2D eigenvalue weighted by molar-refractivity contribution is 6.00. The summed E-state index contributed by atoms with van der Waals surface area (Å²) in [6, 6.07) is 5.67. The number of piperidine rings is 1. The van der Waals surface area contributed by atoms with Crippen LogP contribution in [0, 0.1) is 0 Å². The van der Waals surface area contributed by atoms with Gasteiger partial charge in [-0.3, -0.25) is 24.0 Å². The molecule has 0 radical (unpaired) electrons. The van der Waals surface area contributed by atoms with Gasteiger partial charge in [0, 0.05) is 38.8 Å². The molecule has 8 nitrogen and oxygen atoms in total. The minimum atomic E-state index is -0.647. The number of hydrogen-bond acceptors (Lipinski definition) is 5. The quantitative estimate of drug-likeness (QED) is 0.743. The molecule has 0 spiro atoms. The Morgan fingerprint density at radius 2 is 1.93 bits per heavy atom. The number of fused-ring (bicyclic) bond motifs is 1. The van der Waals surface area contributed by atoms with Crippen LogP contribution in [-0.4, -0.2) is 47.1 Å². The van der Waals surface area contributed by atoms with Gasteiger partial charge in [0.05, 0.1) is 11.0 Å². The Kier molecular flexibility index (Phi) is 5.30. The van der Waals surface area contributed by atoms with Crippen LogP contribution in [0.4, 0.5) is 5.69 Å². The van der Waals surface area contributed by atoms with E-state index in [0.717, 1.165) is 30.7 Å². The largest absolute Gasteiger partial charge is 0.370 e. The second-order valence-corrected chi connectivity index (χ2v) is 7.11. The summed E-state index contributed by atoms with van der Waals surface area (Å²) in [4.78, 5) is 38.7. The summed E-state index contributed by atoms with van der Waals surface area (Å²) in [5.41, 5.74) is 2.31. The van der Waals surface area contributed by atoms with Gasteiger partial charge in [-0.05, 0) is 37.6 Å². The van der Waals surface area contributed by atoms with E-state index in [0.29, 0.717) is 18.0 Å². The van der Waals surface area contributed by atoms with Gasteiger partial charge in [-0.1, -0.05) is 0 Å². The molecule has 0 bridgehead atoms. The lowest BCUT2D eigenvalue weighted by Crippen LogP contribution is -2.44. The van der Waals surface area contributed by atoms with Crippen LogP contribution < -0.4 is 21.2 Å². The number of anilines is 1. The Balaban J connectivity index is 0.00000210. The SMILES string of the molecule is CN(c1ccc2c(c1)n(C)c(=O)n2C1CCC(=O)NC1=O)C1CCNC1.Cl. The lowest BCUT2D eigenvalue weighted by molar-refractivity contribution is -0.135. The van der Waals surface area contributed by atoms with Crippen molar-refractivity contribution in [1.29, 1.82) is 0 Å². The number of carbonyl (C=O) groups excluding carboxylic acids is 2. The van der Waals surface area contributed by atoms with Crippen molar-refractivity contribution in [2.24, 2.45) is 7.05 Å². The van der Waals surface area contributed by atoms with Gasteiger partial charge in [-0.2, -0.15) is 0 Å². The molecule has 2 amide bonds. The average molecular weight is 394 g/mol. The highest BCUT2D eigenvalue weighted by Gasteiger charge is 2.31. The van der Waals surface area contributed by atoms with E-state index in [1.807, 2.05) is 18.2 Å². The molecule has 2 saturated heterocycles. The van der Waals surface area contributed by atoms with E-state index in [2.05, 4.69) is 22.6 Å². The van der Waals surface area contributed by atoms with E-state index in [-0.39, 0.29) is 30.4 Å². The molecule has 9 heteroatoms. The van der Waals surface area contributed by atoms with Crippen molar-refractivity contribution >= 4 is 40.9 Å². The molecule has 3 heterocycles. The number of amides is 2. The van der Waals surface area contributed by atoms with Gasteiger partial charge in [-0.15, -0.1) is 12.4 Å². The summed E-state index contributed by atoms with van der Waals surface area (Å²) in [5.74, 6) is -0.692. The fourth-order valence-electron chi connectivity index (χ4n) is 3.98. The molecule has 1 aromatic carbocycles. The van der Waals surface area contributed by atoms with Crippen molar-refractivity contribution in [3.8, 4) is 0 Å². The normalized spacial score (nSPS) is 22.6. The molecule has 2 unspecified atom stereocenters. The molecule has 2 atom stereocenters. The van der Waals surface area contributed by atoms with E-state index in [1.165, 1.54) is 4.57 Å². The van der Waals surface area contributed by atoms with Crippen LogP contribution in [0.3, 0.4) is 0 Å². The van der Waals surface area contributed by atoms with Crippen molar-refractivity contribution in [3.63, 3.8) is 0 Å². The fourth-order valence-corrected chi connectivity index (χ4v) is 3.98. The zero-order chi connectivity index (χ0) is 18.4. The fraction of sp³-hybridized carbons (Fsp3) is 0.500. The molecule has 2 N–H and O–H groups in total. The smallest absolute Gasteiger partial charge is 0.329 e. The lowest BCUT2D eigenvalue weighted by atomic mass is 10.1. The number of benzene rings is 1. The van der Waals surface area contributed by atoms with Gasteiger partial charge >= 0.3 is 5.69 Å². The zero-order valence-corrected chi connectivity index (χ0v) is 16.2. The van der Waals surface area contributed by atoms with Gasteiger partial charge in [0.1, 0.15) is 6.04 Å². The molecular weight excluding hydrogens is 370 g/mol. The van der Waals surface area contributed by atoms with Crippen molar-refractivity contribution in [2.75, 3.05) is 25.0 Å². The van der Waals surface area contributed by atoms with Crippen LogP contribution >= 0.6 is 12.4 Å². The summed E-state index contributed by atoms with van der Waals surface area (Å²) in [5, 5.41) is 5.70. The highest BCUT2D eigenvalue weighted by atomic mass is 35.5. The summed E-state index contributed by atoms with van der Waals surface area (Å²) in [6.07, 6.45) is 1.68. The molecule has 4 rings (SSSR count). The molecular formula is C18H24ClN5O3. The van der Waals surface area contributed by atoms with Crippen molar-refractivity contribution in [2.45, 2.75) is 31.3 Å². The average Bonchev–Trinajstić information content (AvgIpc) is 3.24. The van der Waals surface area contributed by atoms with Crippen LogP contribution in [0.1, 0.15) is 25.3 Å². The summed E-state index contributed by atoms with van der Waals surface area (Å²) >= 11 is 0. The number of nitrogens with zero attached hydrogens (tertiary/aromatic N) is 3.